The van der Waals surface area contributed by atoms with Crippen molar-refractivity contribution in [3.63, 3.8) is 0 Å². The van der Waals surface area contributed by atoms with Crippen molar-refractivity contribution in [3.05, 3.63) is 23.8 Å². The summed E-state index contributed by atoms with van der Waals surface area (Å²) in [6.45, 7) is 2.95. The molecule has 9 heteroatoms. The zero-order valence-electron chi connectivity index (χ0n) is 16.7. The molecule has 1 aliphatic heterocycles. The fraction of sp³-hybridized carbons (Fsp3) is 0.632. The van der Waals surface area contributed by atoms with Gasteiger partial charge < -0.3 is 25.0 Å². The normalized spacial score (nSPS) is 17.4. The van der Waals surface area contributed by atoms with Gasteiger partial charge in [-0.1, -0.05) is 6.92 Å². The topological polar surface area (TPSA) is 58.1 Å². The van der Waals surface area contributed by atoms with Crippen LogP contribution in [0.2, 0.25) is 0 Å². The maximum absolute atomic E-state index is 12.8. The molecule has 0 bridgehead atoms. The number of halogens is 3. The van der Waals surface area contributed by atoms with Crippen LogP contribution in [0.25, 0.3) is 0 Å². The van der Waals surface area contributed by atoms with E-state index in [4.69, 9.17) is 4.74 Å². The summed E-state index contributed by atoms with van der Waals surface area (Å²) in [4.78, 5) is 6.50. The van der Waals surface area contributed by atoms with Gasteiger partial charge in [0.2, 0.25) is 0 Å². The van der Waals surface area contributed by atoms with Crippen molar-refractivity contribution in [1.29, 1.82) is 0 Å². The second-order valence-electron chi connectivity index (χ2n) is 6.72. The smallest absolute Gasteiger partial charge is 0.387 e. The molecular formula is C19H31F2IN4O2. The molecule has 1 fully saturated rings. The molecule has 6 nitrogen and oxygen atoms in total. The molecule has 1 saturated heterocycles. The maximum Gasteiger partial charge on any atom is 0.387 e. The third-order valence-corrected chi connectivity index (χ3v) is 4.44. The number of aliphatic imine (C=N–C) groups is 1. The van der Waals surface area contributed by atoms with E-state index in [2.05, 4.69) is 32.3 Å². The van der Waals surface area contributed by atoms with Crippen molar-refractivity contribution < 1.29 is 18.3 Å². The van der Waals surface area contributed by atoms with Crippen LogP contribution >= 0.6 is 24.0 Å². The largest absolute Gasteiger partial charge is 0.493 e. The van der Waals surface area contributed by atoms with Gasteiger partial charge in [-0.25, -0.2) is 0 Å². The number of benzene rings is 1. The Balaban J connectivity index is 0.00000392. The highest BCUT2D eigenvalue weighted by molar-refractivity contribution is 14.0. The molecule has 0 radical (unpaired) electrons. The first-order valence-corrected chi connectivity index (χ1v) is 9.35. The predicted molar refractivity (Wildman–Crippen MR) is 118 cm³/mol. The van der Waals surface area contributed by atoms with Crippen LogP contribution in [0.1, 0.15) is 25.3 Å². The lowest BCUT2D eigenvalue weighted by Crippen LogP contribution is -2.39. The van der Waals surface area contributed by atoms with E-state index in [-0.39, 0.29) is 29.7 Å². The highest BCUT2D eigenvalue weighted by Crippen LogP contribution is 2.26. The monoisotopic (exact) mass is 512 g/mol. The van der Waals surface area contributed by atoms with Gasteiger partial charge in [-0.05, 0) is 44.5 Å². The van der Waals surface area contributed by atoms with Gasteiger partial charge in [0.05, 0.1) is 6.61 Å². The Labute approximate surface area is 183 Å². The van der Waals surface area contributed by atoms with E-state index >= 15 is 0 Å². The highest BCUT2D eigenvalue weighted by Gasteiger charge is 2.19. The molecule has 2 N–H and O–H groups in total. The van der Waals surface area contributed by atoms with Crippen molar-refractivity contribution in [3.8, 4) is 11.5 Å². The van der Waals surface area contributed by atoms with E-state index in [9.17, 15) is 8.78 Å². The van der Waals surface area contributed by atoms with Crippen LogP contribution in [0.5, 0.6) is 11.5 Å². The zero-order chi connectivity index (χ0) is 19.6. The number of alkyl halides is 2. The summed E-state index contributed by atoms with van der Waals surface area (Å²) in [6.07, 6.45) is 2.00. The molecule has 0 aromatic heterocycles. The van der Waals surface area contributed by atoms with Crippen molar-refractivity contribution in [2.75, 3.05) is 40.3 Å². The highest BCUT2D eigenvalue weighted by atomic mass is 127. The molecule has 1 aromatic rings. The van der Waals surface area contributed by atoms with E-state index in [1.165, 1.54) is 6.07 Å². The Kier molecular flexibility index (Phi) is 11.4. The first kappa shape index (κ1) is 24.7. The second-order valence-corrected chi connectivity index (χ2v) is 6.72. The van der Waals surface area contributed by atoms with Crippen LogP contribution in [-0.4, -0.2) is 57.8 Å². The Hall–Kier alpha value is -1.36. The number of nitrogens with zero attached hydrogens (tertiary/aromatic N) is 2. The number of likely N-dealkylation sites (tertiary alicyclic amines) is 1. The second kappa shape index (κ2) is 13.0. The summed E-state index contributed by atoms with van der Waals surface area (Å²) in [5, 5.41) is 6.46. The third kappa shape index (κ3) is 8.34. The molecule has 28 heavy (non-hydrogen) atoms. The summed E-state index contributed by atoms with van der Waals surface area (Å²) in [5.74, 6) is 1.85. The number of hydrogen-bond acceptors (Lipinski definition) is 4. The van der Waals surface area contributed by atoms with Gasteiger partial charge in [0, 0.05) is 38.3 Å². The first-order valence-electron chi connectivity index (χ1n) is 9.35. The number of hydrogen-bond donors (Lipinski definition) is 2. The number of guanidine groups is 1. The summed E-state index contributed by atoms with van der Waals surface area (Å²) in [5.41, 5.74) is 0.614. The maximum atomic E-state index is 12.8. The minimum Gasteiger partial charge on any atom is -0.493 e. The molecule has 1 unspecified atom stereocenters. The number of rotatable bonds is 9. The standard InChI is InChI=1S/C19H30F2N4O2.HI/c1-4-9-26-16-6-5-15(17(10-16)27-18(20)21)12-24-19(22-2)23-11-14-7-8-25(3)13-14;/h5-6,10,14,18H,4,7-9,11-13H2,1-3H3,(H2,22,23,24);1H. The summed E-state index contributed by atoms with van der Waals surface area (Å²) >= 11 is 0. The van der Waals surface area contributed by atoms with E-state index in [0.717, 1.165) is 32.5 Å². The lowest BCUT2D eigenvalue weighted by Gasteiger charge is -2.17. The van der Waals surface area contributed by atoms with Gasteiger partial charge in [0.1, 0.15) is 11.5 Å². The van der Waals surface area contributed by atoms with E-state index < -0.39 is 6.61 Å². The molecule has 0 saturated carbocycles. The average Bonchev–Trinajstić information content (AvgIpc) is 3.06. The van der Waals surface area contributed by atoms with Crippen molar-refractivity contribution >= 4 is 29.9 Å². The molecule has 0 spiro atoms. The van der Waals surface area contributed by atoms with E-state index in [1.807, 2.05) is 6.92 Å². The van der Waals surface area contributed by atoms with Gasteiger partial charge in [0.15, 0.2) is 5.96 Å². The fourth-order valence-electron chi connectivity index (χ4n) is 3.03. The van der Waals surface area contributed by atoms with Gasteiger partial charge in [0.25, 0.3) is 0 Å². The summed E-state index contributed by atoms with van der Waals surface area (Å²) in [6, 6.07) is 4.99. The van der Waals surface area contributed by atoms with Gasteiger partial charge >= 0.3 is 6.61 Å². The molecular weight excluding hydrogens is 481 g/mol. The zero-order valence-corrected chi connectivity index (χ0v) is 19.0. The van der Waals surface area contributed by atoms with Crippen LogP contribution in [0.4, 0.5) is 8.78 Å². The van der Waals surface area contributed by atoms with Crippen LogP contribution in [0.15, 0.2) is 23.2 Å². The summed E-state index contributed by atoms with van der Waals surface area (Å²) < 4.78 is 35.7. The third-order valence-electron chi connectivity index (χ3n) is 4.44. The van der Waals surface area contributed by atoms with Crippen molar-refractivity contribution in [2.45, 2.75) is 32.9 Å². The average molecular weight is 512 g/mol. The van der Waals surface area contributed by atoms with Crippen molar-refractivity contribution in [2.24, 2.45) is 10.9 Å². The molecule has 1 atom stereocenters. The first-order chi connectivity index (χ1) is 13.0. The lowest BCUT2D eigenvalue weighted by atomic mass is 10.1. The molecule has 1 aromatic carbocycles. The quantitative estimate of drug-likeness (QED) is 0.302. The molecule has 0 amide bonds. The van der Waals surface area contributed by atoms with Gasteiger partial charge in [-0.2, -0.15) is 8.78 Å². The lowest BCUT2D eigenvalue weighted by molar-refractivity contribution is -0.0505. The number of ether oxygens (including phenoxy) is 2. The Morgan fingerprint density at radius 2 is 2.14 bits per heavy atom. The molecule has 1 aliphatic rings. The van der Waals surface area contributed by atoms with Crippen LogP contribution in [0.3, 0.4) is 0 Å². The predicted octanol–water partition coefficient (Wildman–Crippen LogP) is 3.31. The Bertz CT molecular complexity index is 620. The van der Waals surface area contributed by atoms with Crippen molar-refractivity contribution in [1.82, 2.24) is 15.5 Å². The molecule has 0 aliphatic carbocycles. The minimum atomic E-state index is -2.89. The fourth-order valence-corrected chi connectivity index (χ4v) is 3.03. The minimum absolute atomic E-state index is 0. The van der Waals surface area contributed by atoms with E-state index in [1.54, 1.807) is 19.2 Å². The van der Waals surface area contributed by atoms with Gasteiger partial charge in [-0.3, -0.25) is 4.99 Å². The molecule has 1 heterocycles. The Morgan fingerprint density at radius 3 is 2.75 bits per heavy atom. The molecule has 2 rings (SSSR count). The number of nitrogens with one attached hydrogen (secondary N) is 2. The Morgan fingerprint density at radius 1 is 1.36 bits per heavy atom. The molecule has 160 valence electrons. The summed E-state index contributed by atoms with van der Waals surface area (Å²) in [7, 11) is 3.81. The van der Waals surface area contributed by atoms with Crippen LogP contribution in [0, 0.1) is 5.92 Å². The SMILES string of the molecule is CCCOc1ccc(CNC(=NC)NCC2CCN(C)C2)c(OC(F)F)c1.I. The van der Waals surface area contributed by atoms with Crippen LogP contribution < -0.4 is 20.1 Å². The van der Waals surface area contributed by atoms with Gasteiger partial charge in [-0.15, -0.1) is 24.0 Å². The van der Waals surface area contributed by atoms with Crippen LogP contribution in [-0.2, 0) is 6.54 Å². The van der Waals surface area contributed by atoms with E-state index in [0.29, 0.717) is 36.3 Å².